The molecule has 7 heteroatoms. The van der Waals surface area contributed by atoms with Gasteiger partial charge in [-0.05, 0) is 12.1 Å². The quantitative estimate of drug-likeness (QED) is 0.492. The fourth-order valence-electron chi connectivity index (χ4n) is 1.87. The van der Waals surface area contributed by atoms with Crippen LogP contribution in [0.2, 0.25) is 0 Å². The van der Waals surface area contributed by atoms with Crippen molar-refractivity contribution in [1.82, 2.24) is 31.7 Å². The lowest BCUT2D eigenvalue weighted by Crippen LogP contribution is -2.43. The van der Waals surface area contributed by atoms with Gasteiger partial charge in [0, 0.05) is 11.8 Å². The molecule has 6 N–H and O–H groups in total. The lowest BCUT2D eigenvalue weighted by molar-refractivity contribution is 0.440. The molecule has 3 rings (SSSR count). The molecule has 1 saturated heterocycles. The van der Waals surface area contributed by atoms with Gasteiger partial charge in [0.1, 0.15) is 6.17 Å². The molecule has 0 amide bonds. The summed E-state index contributed by atoms with van der Waals surface area (Å²) in [6, 6.07) is 9.72. The second-order valence-corrected chi connectivity index (χ2v) is 4.10. The van der Waals surface area contributed by atoms with Crippen molar-refractivity contribution in [3.8, 4) is 5.69 Å². The van der Waals surface area contributed by atoms with E-state index >= 15 is 0 Å². The second kappa shape index (κ2) is 4.84. The first-order valence-electron chi connectivity index (χ1n) is 5.71. The van der Waals surface area contributed by atoms with Crippen LogP contribution in [0.4, 0.5) is 0 Å². The van der Waals surface area contributed by atoms with Gasteiger partial charge in [0.15, 0.2) is 0 Å². The number of hydrogen-bond acceptors (Lipinski definition) is 6. The van der Waals surface area contributed by atoms with Crippen molar-refractivity contribution >= 4 is 0 Å². The monoisotopic (exact) mass is 245 g/mol. The predicted octanol–water partition coefficient (Wildman–Crippen LogP) is -0.685. The number of nitrogens with zero attached hydrogens (tertiary/aromatic N) is 2. The van der Waals surface area contributed by atoms with E-state index in [2.05, 4.69) is 27.0 Å². The average molecular weight is 245 g/mol. The minimum atomic E-state index is -0.204. The van der Waals surface area contributed by atoms with Gasteiger partial charge in [0.25, 0.3) is 0 Å². The van der Waals surface area contributed by atoms with E-state index in [1.807, 2.05) is 41.2 Å². The van der Waals surface area contributed by atoms with Crippen LogP contribution in [0.15, 0.2) is 42.7 Å². The van der Waals surface area contributed by atoms with Gasteiger partial charge >= 0.3 is 0 Å². The Balaban J connectivity index is 1.81. The highest BCUT2D eigenvalue weighted by Crippen LogP contribution is 2.14. The maximum atomic E-state index is 6.13. The Bertz CT molecular complexity index is 503. The zero-order chi connectivity index (χ0) is 12.4. The van der Waals surface area contributed by atoms with E-state index in [1.54, 1.807) is 6.20 Å². The third-order valence-electron chi connectivity index (χ3n) is 2.89. The third-order valence-corrected chi connectivity index (χ3v) is 2.89. The van der Waals surface area contributed by atoms with E-state index in [0.717, 1.165) is 11.3 Å². The zero-order valence-corrected chi connectivity index (χ0v) is 9.67. The van der Waals surface area contributed by atoms with E-state index < -0.39 is 0 Å². The van der Waals surface area contributed by atoms with Gasteiger partial charge in [0.2, 0.25) is 0 Å². The lowest BCUT2D eigenvalue weighted by Gasteiger charge is -2.16. The summed E-state index contributed by atoms with van der Waals surface area (Å²) in [6.45, 7) is 0. The SMILES string of the molecule is NC(c1cnn(-c2ccccc2)c1)C1NNNN1. The van der Waals surface area contributed by atoms with Crippen LogP contribution in [0.1, 0.15) is 11.6 Å². The fourth-order valence-corrected chi connectivity index (χ4v) is 1.87. The molecule has 1 atom stereocenters. The molecule has 1 aliphatic heterocycles. The Hall–Kier alpha value is -1.77. The molecule has 94 valence electrons. The molecule has 1 aromatic heterocycles. The number of hydrazine groups is 3. The summed E-state index contributed by atoms with van der Waals surface area (Å²) < 4.78 is 1.81. The topological polar surface area (TPSA) is 92.0 Å². The smallest absolute Gasteiger partial charge is 0.105 e. The van der Waals surface area contributed by atoms with E-state index in [-0.39, 0.29) is 12.2 Å². The van der Waals surface area contributed by atoms with Crippen LogP contribution in [0, 0.1) is 0 Å². The Morgan fingerprint density at radius 2 is 1.89 bits per heavy atom. The van der Waals surface area contributed by atoms with Gasteiger partial charge < -0.3 is 5.73 Å². The molecule has 18 heavy (non-hydrogen) atoms. The van der Waals surface area contributed by atoms with E-state index in [0.29, 0.717) is 0 Å². The summed E-state index contributed by atoms with van der Waals surface area (Å²) in [5.41, 5.74) is 19.5. The van der Waals surface area contributed by atoms with Crippen molar-refractivity contribution in [2.75, 3.05) is 0 Å². The molecule has 1 aromatic carbocycles. The van der Waals surface area contributed by atoms with Gasteiger partial charge in [-0.2, -0.15) is 16.2 Å². The van der Waals surface area contributed by atoms with E-state index in [9.17, 15) is 0 Å². The zero-order valence-electron chi connectivity index (χ0n) is 9.67. The molecule has 0 bridgehead atoms. The van der Waals surface area contributed by atoms with Gasteiger partial charge in [-0.3, -0.25) is 0 Å². The third kappa shape index (κ3) is 2.13. The van der Waals surface area contributed by atoms with Crippen LogP contribution in [0.25, 0.3) is 5.69 Å². The van der Waals surface area contributed by atoms with Crippen molar-refractivity contribution in [3.05, 3.63) is 48.3 Å². The highest BCUT2D eigenvalue weighted by atomic mass is 15.8. The van der Waals surface area contributed by atoms with Crippen LogP contribution in [-0.4, -0.2) is 15.9 Å². The molecule has 0 spiro atoms. The van der Waals surface area contributed by atoms with Crippen molar-refractivity contribution in [3.63, 3.8) is 0 Å². The fraction of sp³-hybridized carbons (Fsp3) is 0.182. The molecule has 7 nitrogen and oxygen atoms in total. The molecule has 0 saturated carbocycles. The Labute approximate surface area is 104 Å². The number of benzene rings is 1. The van der Waals surface area contributed by atoms with Crippen LogP contribution in [0.5, 0.6) is 0 Å². The molecule has 0 aliphatic carbocycles. The number of nitrogens with one attached hydrogen (secondary N) is 4. The normalized spacial score (nSPS) is 18.1. The van der Waals surface area contributed by atoms with Crippen LogP contribution < -0.4 is 27.7 Å². The van der Waals surface area contributed by atoms with Crippen molar-refractivity contribution in [2.24, 2.45) is 5.73 Å². The van der Waals surface area contributed by atoms with Crippen molar-refractivity contribution in [2.45, 2.75) is 12.2 Å². The predicted molar refractivity (Wildman–Crippen MR) is 66.8 cm³/mol. The summed E-state index contributed by atoms with van der Waals surface area (Å²) in [5.74, 6) is 0. The average Bonchev–Trinajstić information content (AvgIpc) is 3.10. The molecule has 1 fully saturated rings. The van der Waals surface area contributed by atoms with Crippen molar-refractivity contribution < 1.29 is 0 Å². The van der Waals surface area contributed by atoms with Crippen LogP contribution >= 0.6 is 0 Å². The number of hydrogen-bond donors (Lipinski definition) is 5. The Morgan fingerprint density at radius 3 is 2.61 bits per heavy atom. The number of nitrogens with two attached hydrogens (primary N) is 1. The Morgan fingerprint density at radius 1 is 1.17 bits per heavy atom. The summed E-state index contributed by atoms with van der Waals surface area (Å²) in [5, 5.41) is 4.32. The second-order valence-electron chi connectivity index (χ2n) is 4.10. The summed E-state index contributed by atoms with van der Waals surface area (Å²) in [7, 11) is 0. The molecule has 2 aromatic rings. The first kappa shape index (κ1) is 11.3. The summed E-state index contributed by atoms with van der Waals surface area (Å²) >= 11 is 0. The van der Waals surface area contributed by atoms with Gasteiger partial charge in [-0.1, -0.05) is 18.2 Å². The number of rotatable bonds is 3. The van der Waals surface area contributed by atoms with E-state index in [1.165, 1.54) is 0 Å². The molecular weight excluding hydrogens is 230 g/mol. The molecule has 2 heterocycles. The van der Waals surface area contributed by atoms with Crippen LogP contribution in [0.3, 0.4) is 0 Å². The maximum absolute atomic E-state index is 6.13. The van der Waals surface area contributed by atoms with E-state index in [4.69, 9.17) is 5.73 Å². The molecule has 0 radical (unpaired) electrons. The number of aromatic nitrogens is 2. The van der Waals surface area contributed by atoms with Gasteiger partial charge in [-0.15, -0.1) is 0 Å². The summed E-state index contributed by atoms with van der Waals surface area (Å²) in [6.07, 6.45) is 3.62. The molecule has 1 aliphatic rings. The van der Waals surface area contributed by atoms with Crippen molar-refractivity contribution in [1.29, 1.82) is 0 Å². The van der Waals surface area contributed by atoms with Crippen LogP contribution in [-0.2, 0) is 0 Å². The lowest BCUT2D eigenvalue weighted by atomic mass is 10.1. The molecular formula is C11H15N7. The minimum Gasteiger partial charge on any atom is -0.321 e. The first-order chi connectivity index (χ1) is 8.84. The highest BCUT2D eigenvalue weighted by Gasteiger charge is 2.23. The highest BCUT2D eigenvalue weighted by molar-refractivity contribution is 5.31. The summed E-state index contributed by atoms with van der Waals surface area (Å²) in [4.78, 5) is 0. The number of para-hydroxylation sites is 1. The first-order valence-corrected chi connectivity index (χ1v) is 5.71. The molecule has 1 unspecified atom stereocenters. The Kier molecular flexibility index (Phi) is 3.05. The standard InChI is InChI=1S/C11H15N7/c12-10(11-14-16-17-15-11)8-6-13-18(7-8)9-4-2-1-3-5-9/h1-7,10-11,14-17H,12H2. The minimum absolute atomic E-state index is 0.0848. The van der Waals surface area contributed by atoms with Gasteiger partial charge in [-0.25, -0.2) is 15.5 Å². The van der Waals surface area contributed by atoms with Gasteiger partial charge in [0.05, 0.1) is 17.9 Å². The maximum Gasteiger partial charge on any atom is 0.105 e. The largest absolute Gasteiger partial charge is 0.321 e.